The predicted molar refractivity (Wildman–Crippen MR) is 105 cm³/mol. The second-order valence-corrected chi connectivity index (χ2v) is 8.00. The van der Waals surface area contributed by atoms with Gasteiger partial charge in [-0.1, -0.05) is 24.8 Å². The van der Waals surface area contributed by atoms with Crippen molar-refractivity contribution in [3.8, 4) is 0 Å². The van der Waals surface area contributed by atoms with Gasteiger partial charge in [-0.15, -0.1) is 11.3 Å². The van der Waals surface area contributed by atoms with Crippen molar-refractivity contribution in [2.75, 3.05) is 12.4 Å². The number of thioether (sulfide) groups is 1. The highest BCUT2D eigenvalue weighted by atomic mass is 32.2. The third kappa shape index (κ3) is 3.61. The molecule has 0 aliphatic carbocycles. The highest BCUT2D eigenvalue weighted by Crippen LogP contribution is 2.42. The number of nitrogens with one attached hydrogen (secondary N) is 1. The lowest BCUT2D eigenvalue weighted by atomic mass is 9.80. The Kier molecular flexibility index (Phi) is 5.93. The molecule has 0 amide bonds. The normalized spacial score (nSPS) is 19.0. The zero-order chi connectivity index (χ0) is 18.7. The molecule has 0 saturated carbocycles. The summed E-state index contributed by atoms with van der Waals surface area (Å²) in [5, 5.41) is 2.50. The number of carbonyl (C=O) groups is 1. The monoisotopic (exact) mass is 391 g/mol. The first-order valence-corrected chi connectivity index (χ1v) is 10.5. The lowest BCUT2D eigenvalue weighted by Crippen LogP contribution is -2.36. The van der Waals surface area contributed by atoms with Crippen LogP contribution in [0.1, 0.15) is 43.6 Å². The molecular formula is C18H21N3O3S2. The van der Waals surface area contributed by atoms with Crippen molar-refractivity contribution in [3.63, 3.8) is 0 Å². The Hall–Kier alpha value is -1.93. The average molecular weight is 392 g/mol. The lowest BCUT2D eigenvalue weighted by Gasteiger charge is -2.28. The maximum atomic E-state index is 12.9. The third-order valence-corrected chi connectivity index (χ3v) is 6.16. The fraction of sp³-hybridized carbons (Fsp3) is 0.444. The lowest BCUT2D eigenvalue weighted by molar-refractivity contribution is -0.145. The van der Waals surface area contributed by atoms with Gasteiger partial charge in [0.15, 0.2) is 11.0 Å². The number of H-pyrrole nitrogens is 1. The van der Waals surface area contributed by atoms with Crippen molar-refractivity contribution in [2.45, 2.75) is 38.3 Å². The Labute approximate surface area is 160 Å². The molecule has 6 nitrogen and oxygen atoms in total. The number of rotatable bonds is 6. The molecule has 26 heavy (non-hydrogen) atoms. The van der Waals surface area contributed by atoms with Crippen molar-refractivity contribution >= 4 is 40.6 Å². The molecule has 0 spiro atoms. The molecule has 2 aromatic heterocycles. The van der Waals surface area contributed by atoms with Crippen LogP contribution in [-0.2, 0) is 9.53 Å². The minimum Gasteiger partial charge on any atom is -0.465 e. The van der Waals surface area contributed by atoms with Crippen molar-refractivity contribution in [1.29, 1.82) is 0 Å². The first-order valence-electron chi connectivity index (χ1n) is 8.59. The number of aromatic amines is 1. The van der Waals surface area contributed by atoms with Crippen LogP contribution in [0.15, 0.2) is 32.5 Å². The van der Waals surface area contributed by atoms with Crippen LogP contribution in [-0.4, -0.2) is 34.0 Å². The molecule has 1 aliphatic rings. The second-order valence-electron chi connectivity index (χ2n) is 5.93. The number of ether oxygens (including phenoxy) is 1. The summed E-state index contributed by atoms with van der Waals surface area (Å²) in [5.74, 6) is -0.129. The van der Waals surface area contributed by atoms with Gasteiger partial charge in [0.1, 0.15) is 5.92 Å². The fourth-order valence-corrected chi connectivity index (χ4v) is 4.63. The molecule has 0 fully saturated rings. The quantitative estimate of drug-likeness (QED) is 0.460. The summed E-state index contributed by atoms with van der Waals surface area (Å²) < 4.78 is 5.26. The van der Waals surface area contributed by atoms with Gasteiger partial charge in [-0.2, -0.15) is 0 Å². The molecule has 1 aliphatic heterocycles. The molecule has 1 N–H and O–H groups in total. The van der Waals surface area contributed by atoms with E-state index >= 15 is 0 Å². The largest absolute Gasteiger partial charge is 0.465 e. The second kappa shape index (κ2) is 8.18. The van der Waals surface area contributed by atoms with Crippen molar-refractivity contribution < 1.29 is 9.53 Å². The zero-order valence-corrected chi connectivity index (χ0v) is 16.6. The van der Waals surface area contributed by atoms with Crippen LogP contribution in [0.25, 0.3) is 0 Å². The molecule has 3 rings (SSSR count). The number of fused-ring (bicyclic) bond motifs is 1. The van der Waals surface area contributed by atoms with Crippen molar-refractivity contribution in [1.82, 2.24) is 9.97 Å². The maximum Gasteiger partial charge on any atom is 0.315 e. The molecule has 2 atom stereocenters. The van der Waals surface area contributed by atoms with Gasteiger partial charge in [0, 0.05) is 22.3 Å². The maximum absolute atomic E-state index is 12.9. The number of aliphatic imine (C=N–C) groups is 1. The average Bonchev–Trinajstić information content (AvgIpc) is 3.13. The van der Waals surface area contributed by atoms with Gasteiger partial charge in [-0.3, -0.25) is 9.59 Å². The standard InChI is InChI=1S/C18H21N3O3S2/c1-4-8-26-18-20-15-14(16(22)21-18)13(11-7-6-9-25-11)12(10(3)19-15)17(23)24-5-2/h6-7,9,12-13H,4-5,8H2,1-3H3,(H,20,21,22). The van der Waals surface area contributed by atoms with E-state index in [2.05, 4.69) is 21.9 Å². The summed E-state index contributed by atoms with van der Waals surface area (Å²) >= 11 is 3.01. The molecule has 8 heteroatoms. The van der Waals surface area contributed by atoms with Gasteiger partial charge in [0.25, 0.3) is 5.56 Å². The molecule has 3 heterocycles. The number of aromatic nitrogens is 2. The Bertz CT molecular complexity index is 874. The van der Waals surface area contributed by atoms with Gasteiger partial charge in [0.05, 0.1) is 12.2 Å². The molecule has 0 aromatic carbocycles. The number of thiophene rings is 1. The van der Waals surface area contributed by atoms with Crippen LogP contribution in [0.3, 0.4) is 0 Å². The number of nitrogens with zero attached hydrogens (tertiary/aromatic N) is 2. The van der Waals surface area contributed by atoms with Crippen LogP contribution in [0.2, 0.25) is 0 Å². The highest BCUT2D eigenvalue weighted by molar-refractivity contribution is 7.99. The summed E-state index contributed by atoms with van der Waals surface area (Å²) in [7, 11) is 0. The van der Waals surface area contributed by atoms with Crippen molar-refractivity contribution in [3.05, 3.63) is 38.3 Å². The number of esters is 1. The van der Waals surface area contributed by atoms with E-state index in [1.54, 1.807) is 13.8 Å². The predicted octanol–water partition coefficient (Wildman–Crippen LogP) is 3.75. The smallest absolute Gasteiger partial charge is 0.315 e. The summed E-state index contributed by atoms with van der Waals surface area (Å²) in [4.78, 5) is 38.3. The minimum atomic E-state index is -0.613. The van der Waals surface area contributed by atoms with Gasteiger partial charge in [-0.25, -0.2) is 9.98 Å². The van der Waals surface area contributed by atoms with E-state index in [1.165, 1.54) is 23.1 Å². The number of hydrogen-bond donors (Lipinski definition) is 1. The molecule has 2 aromatic rings. The molecule has 0 radical (unpaired) electrons. The van der Waals surface area contributed by atoms with E-state index in [0.717, 1.165) is 17.1 Å². The van der Waals surface area contributed by atoms with E-state index in [1.807, 2.05) is 17.5 Å². The molecule has 0 bridgehead atoms. The van der Waals surface area contributed by atoms with E-state index in [-0.39, 0.29) is 18.1 Å². The number of hydrogen-bond acceptors (Lipinski definition) is 7. The first kappa shape index (κ1) is 18.8. The van der Waals surface area contributed by atoms with Gasteiger partial charge < -0.3 is 9.72 Å². The van der Waals surface area contributed by atoms with Crippen LogP contribution in [0.5, 0.6) is 0 Å². The third-order valence-electron chi connectivity index (χ3n) is 4.12. The van der Waals surface area contributed by atoms with E-state index < -0.39 is 11.8 Å². The Balaban J connectivity index is 2.14. The summed E-state index contributed by atoms with van der Waals surface area (Å²) in [6, 6.07) is 3.85. The minimum absolute atomic E-state index is 0.238. The molecule has 138 valence electrons. The van der Waals surface area contributed by atoms with Gasteiger partial charge in [-0.05, 0) is 31.7 Å². The fourth-order valence-electron chi connectivity index (χ4n) is 3.04. The summed E-state index contributed by atoms with van der Waals surface area (Å²) in [6.07, 6.45) is 0.983. The van der Waals surface area contributed by atoms with E-state index in [0.29, 0.717) is 22.2 Å². The van der Waals surface area contributed by atoms with Crippen LogP contribution in [0, 0.1) is 5.92 Å². The van der Waals surface area contributed by atoms with Gasteiger partial charge in [0.2, 0.25) is 0 Å². The Morgan fingerprint density at radius 1 is 1.42 bits per heavy atom. The summed E-state index contributed by atoms with van der Waals surface area (Å²) in [6.45, 7) is 5.93. The topological polar surface area (TPSA) is 84.4 Å². The van der Waals surface area contributed by atoms with E-state index in [4.69, 9.17) is 4.74 Å². The SMILES string of the molecule is CCCSc1nc2c(c(=O)[nH]1)C(c1cccs1)C(C(=O)OCC)C(C)=N2. The number of carbonyl (C=O) groups excluding carboxylic acids is 1. The first-order chi connectivity index (χ1) is 12.6. The van der Waals surface area contributed by atoms with Crippen molar-refractivity contribution in [2.24, 2.45) is 10.9 Å². The Morgan fingerprint density at radius 3 is 2.88 bits per heavy atom. The molecule has 0 saturated heterocycles. The van der Waals surface area contributed by atoms with E-state index in [9.17, 15) is 9.59 Å². The van der Waals surface area contributed by atoms with Crippen LogP contribution < -0.4 is 5.56 Å². The summed E-state index contributed by atoms with van der Waals surface area (Å²) in [5.41, 5.74) is 0.827. The molecule has 2 unspecified atom stereocenters. The Morgan fingerprint density at radius 2 is 2.23 bits per heavy atom. The van der Waals surface area contributed by atoms with Crippen LogP contribution >= 0.6 is 23.1 Å². The van der Waals surface area contributed by atoms with Gasteiger partial charge >= 0.3 is 5.97 Å². The highest BCUT2D eigenvalue weighted by Gasteiger charge is 2.41. The van der Waals surface area contributed by atoms with Crippen LogP contribution in [0.4, 0.5) is 5.82 Å². The molecular weight excluding hydrogens is 370 g/mol. The zero-order valence-electron chi connectivity index (χ0n) is 14.9.